The van der Waals surface area contributed by atoms with Gasteiger partial charge in [-0.3, -0.25) is 0 Å². The number of aromatic nitrogens is 2. The summed E-state index contributed by atoms with van der Waals surface area (Å²) < 4.78 is 12.8. The van der Waals surface area contributed by atoms with Gasteiger partial charge in [0.05, 0.1) is 12.4 Å². The average Bonchev–Trinajstić information content (AvgIpc) is 2.30. The lowest BCUT2D eigenvalue weighted by atomic mass is 10.0. The van der Waals surface area contributed by atoms with Crippen molar-refractivity contribution in [2.75, 3.05) is 11.4 Å². The van der Waals surface area contributed by atoms with Crippen molar-refractivity contribution in [2.45, 2.75) is 38.1 Å². The molecule has 1 aliphatic heterocycles. The molecule has 98 valence electrons. The smallest absolute Gasteiger partial charge is 0.326 e. The lowest BCUT2D eigenvalue weighted by molar-refractivity contribution is -0.138. The maximum atomic E-state index is 12.8. The van der Waals surface area contributed by atoms with Crippen molar-refractivity contribution < 1.29 is 14.3 Å². The number of rotatable bonds is 2. The molecule has 1 N–H and O–H groups in total. The quantitative estimate of drug-likeness (QED) is 0.871. The Balaban J connectivity index is 2.23. The van der Waals surface area contributed by atoms with Gasteiger partial charge in [-0.05, 0) is 12.8 Å². The van der Waals surface area contributed by atoms with Gasteiger partial charge in [0.15, 0.2) is 5.82 Å². The molecule has 1 atom stereocenters. The molecule has 0 spiro atoms. The third-order valence-corrected chi connectivity index (χ3v) is 3.15. The third-order valence-electron chi connectivity index (χ3n) is 3.15. The van der Waals surface area contributed by atoms with E-state index in [0.717, 1.165) is 38.1 Å². The molecule has 6 heteroatoms. The van der Waals surface area contributed by atoms with Crippen LogP contribution in [0.5, 0.6) is 0 Å². The van der Waals surface area contributed by atoms with Gasteiger partial charge < -0.3 is 10.0 Å². The Bertz CT molecular complexity index is 410. The molecular formula is C12H16FN3O2. The molecule has 0 saturated carbocycles. The fourth-order valence-corrected chi connectivity index (χ4v) is 2.24. The van der Waals surface area contributed by atoms with E-state index in [4.69, 9.17) is 0 Å². The topological polar surface area (TPSA) is 66.3 Å². The Morgan fingerprint density at radius 2 is 1.94 bits per heavy atom. The highest BCUT2D eigenvalue weighted by molar-refractivity contribution is 5.77. The Kier molecular flexibility index (Phi) is 4.07. The summed E-state index contributed by atoms with van der Waals surface area (Å²) in [5.41, 5.74) is 0. The van der Waals surface area contributed by atoms with Crippen LogP contribution in [0.25, 0.3) is 0 Å². The van der Waals surface area contributed by atoms with Gasteiger partial charge in [-0.2, -0.15) is 0 Å². The van der Waals surface area contributed by atoms with E-state index in [-0.39, 0.29) is 0 Å². The Labute approximate surface area is 105 Å². The molecule has 1 aromatic heterocycles. The van der Waals surface area contributed by atoms with Crippen LogP contribution in [0.2, 0.25) is 0 Å². The standard InChI is InChI=1S/C12H16FN3O2/c13-9-7-14-12(15-8-9)16-6-4-2-1-3-5-10(16)11(17)18/h7-8,10H,1-6H2,(H,17,18). The van der Waals surface area contributed by atoms with Crippen LogP contribution in [0.15, 0.2) is 12.4 Å². The number of hydrogen-bond donors (Lipinski definition) is 1. The molecule has 5 nitrogen and oxygen atoms in total. The molecule has 0 radical (unpaired) electrons. The van der Waals surface area contributed by atoms with Crippen molar-refractivity contribution in [3.05, 3.63) is 18.2 Å². The number of carbonyl (C=O) groups is 1. The Morgan fingerprint density at radius 3 is 2.61 bits per heavy atom. The Morgan fingerprint density at radius 1 is 1.28 bits per heavy atom. The summed E-state index contributed by atoms with van der Waals surface area (Å²) in [6.45, 7) is 0.600. The first-order valence-corrected chi connectivity index (χ1v) is 6.15. The number of hydrogen-bond acceptors (Lipinski definition) is 4. The van der Waals surface area contributed by atoms with Gasteiger partial charge in [0, 0.05) is 6.54 Å². The van der Waals surface area contributed by atoms with E-state index in [9.17, 15) is 14.3 Å². The van der Waals surface area contributed by atoms with E-state index in [1.807, 2.05) is 0 Å². The molecule has 1 unspecified atom stereocenters. The van der Waals surface area contributed by atoms with Crippen LogP contribution in [0, 0.1) is 5.82 Å². The number of halogens is 1. The van der Waals surface area contributed by atoms with Crippen LogP contribution in [-0.4, -0.2) is 33.6 Å². The predicted octanol–water partition coefficient (Wildman–Crippen LogP) is 1.84. The summed E-state index contributed by atoms with van der Waals surface area (Å²) in [4.78, 5) is 20.7. The van der Waals surface area contributed by atoms with E-state index >= 15 is 0 Å². The lowest BCUT2D eigenvalue weighted by Crippen LogP contribution is -2.43. The molecule has 0 aliphatic carbocycles. The largest absolute Gasteiger partial charge is 0.480 e. The number of anilines is 1. The monoisotopic (exact) mass is 253 g/mol. The molecule has 0 amide bonds. The van der Waals surface area contributed by atoms with Gasteiger partial charge in [0.1, 0.15) is 6.04 Å². The highest BCUT2D eigenvalue weighted by atomic mass is 19.1. The van der Waals surface area contributed by atoms with Crippen molar-refractivity contribution >= 4 is 11.9 Å². The second-order valence-corrected chi connectivity index (χ2v) is 4.45. The highest BCUT2D eigenvalue weighted by Gasteiger charge is 2.28. The second-order valence-electron chi connectivity index (χ2n) is 4.45. The molecule has 1 fully saturated rings. The minimum atomic E-state index is -0.871. The average molecular weight is 253 g/mol. The van der Waals surface area contributed by atoms with Crippen LogP contribution < -0.4 is 4.90 Å². The van der Waals surface area contributed by atoms with Gasteiger partial charge >= 0.3 is 5.97 Å². The molecule has 0 bridgehead atoms. The predicted molar refractivity (Wildman–Crippen MR) is 63.8 cm³/mol. The van der Waals surface area contributed by atoms with Crippen molar-refractivity contribution in [1.82, 2.24) is 9.97 Å². The molecule has 1 saturated heterocycles. The van der Waals surface area contributed by atoms with E-state index in [1.54, 1.807) is 4.90 Å². The first-order valence-electron chi connectivity index (χ1n) is 6.15. The van der Waals surface area contributed by atoms with Crippen molar-refractivity contribution in [3.63, 3.8) is 0 Å². The molecular weight excluding hydrogens is 237 g/mol. The molecule has 2 heterocycles. The van der Waals surface area contributed by atoms with Gasteiger partial charge in [0.25, 0.3) is 0 Å². The van der Waals surface area contributed by atoms with E-state index in [1.165, 1.54) is 0 Å². The van der Waals surface area contributed by atoms with E-state index < -0.39 is 17.8 Å². The zero-order valence-electron chi connectivity index (χ0n) is 10.0. The minimum Gasteiger partial charge on any atom is -0.480 e. The van der Waals surface area contributed by atoms with Gasteiger partial charge in [-0.1, -0.05) is 19.3 Å². The first kappa shape index (κ1) is 12.7. The maximum absolute atomic E-state index is 12.8. The summed E-state index contributed by atoms with van der Waals surface area (Å²) in [6, 6.07) is -0.615. The maximum Gasteiger partial charge on any atom is 0.326 e. The van der Waals surface area contributed by atoms with Crippen LogP contribution in [0.4, 0.5) is 10.3 Å². The lowest BCUT2D eigenvalue weighted by Gasteiger charge is -2.30. The first-order chi connectivity index (χ1) is 8.68. The normalized spacial score (nSPS) is 21.2. The summed E-state index contributed by atoms with van der Waals surface area (Å²) >= 11 is 0. The van der Waals surface area contributed by atoms with Crippen molar-refractivity contribution in [2.24, 2.45) is 0 Å². The van der Waals surface area contributed by atoms with Gasteiger partial charge in [-0.15, -0.1) is 0 Å². The number of carboxylic acids is 1. The number of aliphatic carboxylic acids is 1. The third kappa shape index (κ3) is 2.94. The number of carboxylic acid groups (broad SMARTS) is 1. The zero-order valence-corrected chi connectivity index (χ0v) is 10.0. The SMILES string of the molecule is O=C(O)C1CCCCCCN1c1ncc(F)cn1. The van der Waals surface area contributed by atoms with Crippen molar-refractivity contribution in [1.29, 1.82) is 0 Å². The summed E-state index contributed by atoms with van der Waals surface area (Å²) in [7, 11) is 0. The Hall–Kier alpha value is -1.72. The number of nitrogens with zero attached hydrogens (tertiary/aromatic N) is 3. The van der Waals surface area contributed by atoms with Crippen molar-refractivity contribution in [3.8, 4) is 0 Å². The molecule has 2 rings (SSSR count). The molecule has 0 aromatic carbocycles. The fraction of sp³-hybridized carbons (Fsp3) is 0.583. The van der Waals surface area contributed by atoms with E-state index in [0.29, 0.717) is 18.9 Å². The zero-order chi connectivity index (χ0) is 13.0. The molecule has 18 heavy (non-hydrogen) atoms. The van der Waals surface area contributed by atoms with Gasteiger partial charge in [-0.25, -0.2) is 19.2 Å². The summed E-state index contributed by atoms with van der Waals surface area (Å²) in [5.74, 6) is -1.09. The summed E-state index contributed by atoms with van der Waals surface area (Å²) in [5, 5.41) is 9.27. The minimum absolute atomic E-state index is 0.297. The van der Waals surface area contributed by atoms with Gasteiger partial charge in [0.2, 0.25) is 5.95 Å². The second kappa shape index (κ2) is 5.75. The van der Waals surface area contributed by atoms with Crippen LogP contribution in [-0.2, 0) is 4.79 Å². The van der Waals surface area contributed by atoms with Crippen LogP contribution in [0.1, 0.15) is 32.1 Å². The van der Waals surface area contributed by atoms with Crippen LogP contribution >= 0.6 is 0 Å². The van der Waals surface area contributed by atoms with Crippen LogP contribution in [0.3, 0.4) is 0 Å². The molecule has 1 aromatic rings. The molecule has 1 aliphatic rings. The fourth-order valence-electron chi connectivity index (χ4n) is 2.24. The van der Waals surface area contributed by atoms with E-state index in [2.05, 4.69) is 9.97 Å². The summed E-state index contributed by atoms with van der Waals surface area (Å²) in [6.07, 6.45) is 6.64. The highest BCUT2D eigenvalue weighted by Crippen LogP contribution is 2.20.